The van der Waals surface area contributed by atoms with E-state index in [-0.39, 0.29) is 17.8 Å². The molecule has 118 valence electrons. The van der Waals surface area contributed by atoms with Gasteiger partial charge in [-0.2, -0.15) is 0 Å². The van der Waals surface area contributed by atoms with Crippen LogP contribution in [0.25, 0.3) is 0 Å². The van der Waals surface area contributed by atoms with Crippen molar-refractivity contribution >= 4 is 28.3 Å². The lowest BCUT2D eigenvalue weighted by atomic mass is 10.2. The van der Waals surface area contributed by atoms with Gasteiger partial charge >= 0.3 is 0 Å². The molecule has 0 heterocycles. The molecule has 1 rings (SSSR count). The second-order valence-electron chi connectivity index (χ2n) is 4.98. The number of benzene rings is 1. The minimum atomic E-state index is -1.23. The highest BCUT2D eigenvalue weighted by molar-refractivity contribution is 7.84. The van der Waals surface area contributed by atoms with Gasteiger partial charge in [-0.3, -0.25) is 9.00 Å². The highest BCUT2D eigenvalue weighted by Crippen LogP contribution is 2.12. The normalized spacial score (nSPS) is 12.4. The predicted molar refractivity (Wildman–Crippen MR) is 86.9 cm³/mol. The maximum Gasteiger partial charge on any atom is 0.232 e. The van der Waals surface area contributed by atoms with Crippen molar-refractivity contribution in [3.05, 3.63) is 34.9 Å². The number of carbonyl (C=O) groups is 1. The monoisotopic (exact) mass is 331 g/mol. The molecule has 0 aliphatic carbocycles. The van der Waals surface area contributed by atoms with E-state index in [0.29, 0.717) is 23.9 Å². The Morgan fingerprint density at radius 1 is 1.43 bits per heavy atom. The fraction of sp³-hybridized carbons (Fsp3) is 0.533. The first kappa shape index (κ1) is 18.1. The Kier molecular flexibility index (Phi) is 8.57. The van der Waals surface area contributed by atoms with E-state index in [2.05, 4.69) is 5.32 Å². The molecule has 0 aromatic heterocycles. The van der Waals surface area contributed by atoms with Crippen molar-refractivity contribution in [2.24, 2.45) is 0 Å². The van der Waals surface area contributed by atoms with Crippen molar-refractivity contribution in [3.8, 4) is 0 Å². The molecular formula is C15H22ClNO3S. The van der Waals surface area contributed by atoms with E-state index >= 15 is 0 Å². The molecule has 0 fully saturated rings. The van der Waals surface area contributed by atoms with Crippen LogP contribution in [0.4, 0.5) is 0 Å². The van der Waals surface area contributed by atoms with Gasteiger partial charge in [-0.1, -0.05) is 23.7 Å². The fourth-order valence-electron chi connectivity index (χ4n) is 1.68. The number of rotatable bonds is 9. The average molecular weight is 332 g/mol. The summed E-state index contributed by atoms with van der Waals surface area (Å²) in [6.07, 6.45) is 0.955. The maximum atomic E-state index is 11.9. The van der Waals surface area contributed by atoms with Crippen LogP contribution in [0.5, 0.6) is 0 Å². The minimum Gasteiger partial charge on any atom is -0.379 e. The SMILES string of the molecule is CC(C)OCCCNC(=O)C[S@@](=O)Cc1cccc(Cl)c1. The summed E-state index contributed by atoms with van der Waals surface area (Å²) >= 11 is 5.86. The first-order valence-electron chi connectivity index (χ1n) is 6.95. The van der Waals surface area contributed by atoms with Crippen LogP contribution in [-0.2, 0) is 26.1 Å². The zero-order valence-electron chi connectivity index (χ0n) is 12.4. The molecule has 21 heavy (non-hydrogen) atoms. The summed E-state index contributed by atoms with van der Waals surface area (Å²) in [6, 6.07) is 7.19. The van der Waals surface area contributed by atoms with Gasteiger partial charge in [-0.25, -0.2) is 0 Å². The summed E-state index contributed by atoms with van der Waals surface area (Å²) < 4.78 is 17.3. The third kappa shape index (κ3) is 8.86. The number of ether oxygens (including phenoxy) is 1. The highest BCUT2D eigenvalue weighted by atomic mass is 35.5. The lowest BCUT2D eigenvalue weighted by molar-refractivity contribution is -0.118. The Balaban J connectivity index is 2.20. The molecule has 0 saturated carbocycles. The Hall–Kier alpha value is -0.910. The molecule has 1 aromatic carbocycles. The molecule has 6 heteroatoms. The third-order valence-corrected chi connectivity index (χ3v) is 4.08. The lowest BCUT2D eigenvalue weighted by Gasteiger charge is -2.08. The van der Waals surface area contributed by atoms with Gasteiger partial charge in [-0.15, -0.1) is 0 Å². The van der Waals surface area contributed by atoms with Crippen LogP contribution in [-0.4, -0.2) is 35.1 Å². The van der Waals surface area contributed by atoms with Crippen molar-refractivity contribution in [2.75, 3.05) is 18.9 Å². The molecule has 0 spiro atoms. The molecule has 0 radical (unpaired) electrons. The molecule has 1 amide bonds. The molecule has 0 unspecified atom stereocenters. The molecule has 0 aliphatic rings. The summed E-state index contributed by atoms with van der Waals surface area (Å²) in [7, 11) is -1.23. The number of hydrogen-bond acceptors (Lipinski definition) is 3. The Bertz CT molecular complexity index is 480. The minimum absolute atomic E-state index is 0.0115. The summed E-state index contributed by atoms with van der Waals surface area (Å²) in [5, 5.41) is 3.36. The molecule has 0 saturated heterocycles. The largest absolute Gasteiger partial charge is 0.379 e. The predicted octanol–water partition coefficient (Wildman–Crippen LogP) is 2.52. The Morgan fingerprint density at radius 3 is 2.86 bits per heavy atom. The van der Waals surface area contributed by atoms with Gasteiger partial charge in [0.25, 0.3) is 0 Å². The van der Waals surface area contributed by atoms with Crippen molar-refractivity contribution in [1.29, 1.82) is 0 Å². The smallest absolute Gasteiger partial charge is 0.232 e. The van der Waals surface area contributed by atoms with Gasteiger partial charge in [0.05, 0.1) is 6.10 Å². The summed E-state index contributed by atoms with van der Waals surface area (Å²) in [5.41, 5.74) is 0.874. The number of halogens is 1. The number of amides is 1. The van der Waals surface area contributed by atoms with Crippen LogP contribution < -0.4 is 5.32 Å². The Labute approximate surface area is 133 Å². The first-order chi connectivity index (χ1) is 9.97. The zero-order chi connectivity index (χ0) is 15.7. The maximum absolute atomic E-state index is 11.9. The van der Waals surface area contributed by atoms with E-state index in [4.69, 9.17) is 16.3 Å². The number of hydrogen-bond donors (Lipinski definition) is 1. The van der Waals surface area contributed by atoms with Crippen molar-refractivity contribution < 1.29 is 13.7 Å². The Morgan fingerprint density at radius 2 is 2.19 bits per heavy atom. The van der Waals surface area contributed by atoms with Gasteiger partial charge in [0.2, 0.25) is 5.91 Å². The average Bonchev–Trinajstić information content (AvgIpc) is 2.37. The van der Waals surface area contributed by atoms with Crippen LogP contribution in [0.3, 0.4) is 0 Å². The van der Waals surface area contributed by atoms with Crippen LogP contribution in [0.1, 0.15) is 25.8 Å². The molecule has 4 nitrogen and oxygen atoms in total. The van der Waals surface area contributed by atoms with Gasteiger partial charge in [0.1, 0.15) is 5.75 Å². The number of carbonyl (C=O) groups excluding carboxylic acids is 1. The molecule has 1 N–H and O–H groups in total. The standard InChI is InChI=1S/C15H22ClNO3S/c1-12(2)20-8-4-7-17-15(18)11-21(19)10-13-5-3-6-14(16)9-13/h3,5-6,9,12H,4,7-8,10-11H2,1-2H3,(H,17,18)/t21-/m0/s1. The molecule has 1 atom stereocenters. The van der Waals surface area contributed by atoms with Gasteiger partial charge in [0.15, 0.2) is 0 Å². The van der Waals surface area contributed by atoms with E-state index in [1.54, 1.807) is 12.1 Å². The molecule has 0 aliphatic heterocycles. The van der Waals surface area contributed by atoms with E-state index < -0.39 is 10.8 Å². The molecule has 1 aromatic rings. The summed E-state index contributed by atoms with van der Waals surface area (Å²) in [5.74, 6) is 0.155. The first-order valence-corrected chi connectivity index (χ1v) is 8.81. The van der Waals surface area contributed by atoms with E-state index in [9.17, 15) is 9.00 Å². The fourth-order valence-corrected chi connectivity index (χ4v) is 2.94. The zero-order valence-corrected chi connectivity index (χ0v) is 14.0. The highest BCUT2D eigenvalue weighted by Gasteiger charge is 2.08. The quantitative estimate of drug-likeness (QED) is 0.707. The second kappa shape index (κ2) is 9.92. The van der Waals surface area contributed by atoms with Crippen molar-refractivity contribution in [1.82, 2.24) is 5.32 Å². The van der Waals surface area contributed by atoms with Gasteiger partial charge < -0.3 is 10.1 Å². The molecular weight excluding hydrogens is 310 g/mol. The van der Waals surface area contributed by atoms with Crippen molar-refractivity contribution in [2.45, 2.75) is 32.1 Å². The number of nitrogens with one attached hydrogen (secondary N) is 1. The van der Waals surface area contributed by atoms with Crippen molar-refractivity contribution in [3.63, 3.8) is 0 Å². The second-order valence-corrected chi connectivity index (χ2v) is 6.87. The summed E-state index contributed by atoms with van der Waals surface area (Å²) in [6.45, 7) is 5.10. The van der Waals surface area contributed by atoms with E-state index in [0.717, 1.165) is 12.0 Å². The molecule has 0 bridgehead atoms. The van der Waals surface area contributed by atoms with Crippen LogP contribution in [0, 0.1) is 0 Å². The van der Waals surface area contributed by atoms with Gasteiger partial charge in [-0.05, 0) is 38.0 Å². The van der Waals surface area contributed by atoms with Crippen LogP contribution in [0.15, 0.2) is 24.3 Å². The third-order valence-electron chi connectivity index (χ3n) is 2.60. The van der Waals surface area contributed by atoms with Gasteiger partial charge in [0, 0.05) is 34.7 Å². The van der Waals surface area contributed by atoms with E-state index in [1.165, 1.54) is 0 Å². The van der Waals surface area contributed by atoms with Crippen LogP contribution >= 0.6 is 11.6 Å². The van der Waals surface area contributed by atoms with Crippen LogP contribution in [0.2, 0.25) is 5.02 Å². The lowest BCUT2D eigenvalue weighted by Crippen LogP contribution is -2.30. The topological polar surface area (TPSA) is 55.4 Å². The van der Waals surface area contributed by atoms with E-state index in [1.807, 2.05) is 26.0 Å². The summed E-state index contributed by atoms with van der Waals surface area (Å²) in [4.78, 5) is 11.6.